The van der Waals surface area contributed by atoms with Gasteiger partial charge in [-0.05, 0) is 68.2 Å². The molecule has 5 heteroatoms. The van der Waals surface area contributed by atoms with Gasteiger partial charge in [-0.25, -0.2) is 0 Å². The lowest BCUT2D eigenvalue weighted by molar-refractivity contribution is 0.0687. The zero-order chi connectivity index (χ0) is 21.7. The molecule has 3 rings (SSSR count). The van der Waals surface area contributed by atoms with Gasteiger partial charge in [0.25, 0.3) is 5.91 Å². The summed E-state index contributed by atoms with van der Waals surface area (Å²) in [6.45, 7) is 8.74. The first-order valence-electron chi connectivity index (χ1n) is 11.1. The van der Waals surface area contributed by atoms with Gasteiger partial charge < -0.3 is 4.90 Å². The van der Waals surface area contributed by atoms with Gasteiger partial charge in [0.15, 0.2) is 0 Å². The standard InChI is InChI=1S/C26H30N4O/c1-27-29-25(20-23-11-9-17-28-21-23)14-8-3-2-5-10-22-15-18-30(19-16-22)26(31)24-12-6-4-7-13-24/h2-4,6-7,9,11-13,17,21-22H,5,8,10,14-16,18-20H2/b3-2+,29-25+. The molecule has 1 fully saturated rings. The molecule has 31 heavy (non-hydrogen) atoms. The van der Waals surface area contributed by atoms with Crippen LogP contribution in [0.2, 0.25) is 0 Å². The molecule has 160 valence electrons. The minimum atomic E-state index is 0.155. The summed E-state index contributed by atoms with van der Waals surface area (Å²) >= 11 is 0. The topological polar surface area (TPSA) is 49.9 Å². The Morgan fingerprint density at radius 1 is 1.13 bits per heavy atom. The molecule has 1 aromatic carbocycles. The summed E-state index contributed by atoms with van der Waals surface area (Å²) in [7, 11) is 0. The average Bonchev–Trinajstić information content (AvgIpc) is 2.82. The maximum absolute atomic E-state index is 12.5. The first kappa shape index (κ1) is 22.4. The van der Waals surface area contributed by atoms with Crippen molar-refractivity contribution in [2.24, 2.45) is 11.0 Å². The number of amides is 1. The Balaban J connectivity index is 1.33. The van der Waals surface area contributed by atoms with E-state index in [-0.39, 0.29) is 5.91 Å². The first-order chi connectivity index (χ1) is 15.3. The number of nitrogens with zero attached hydrogens (tertiary/aromatic N) is 4. The summed E-state index contributed by atoms with van der Waals surface area (Å²) in [4.78, 5) is 21.9. The summed E-state index contributed by atoms with van der Waals surface area (Å²) in [5.41, 5.74) is 2.78. The van der Waals surface area contributed by atoms with Crippen LogP contribution in [0.15, 0.2) is 72.1 Å². The van der Waals surface area contributed by atoms with E-state index in [0.29, 0.717) is 12.3 Å². The highest BCUT2D eigenvalue weighted by molar-refractivity contribution is 5.94. The van der Waals surface area contributed by atoms with Gasteiger partial charge in [0.05, 0.1) is 5.10 Å². The Hall–Kier alpha value is -3.26. The van der Waals surface area contributed by atoms with Gasteiger partial charge in [0, 0.05) is 37.5 Å². The second-order valence-corrected chi connectivity index (χ2v) is 7.99. The van der Waals surface area contributed by atoms with Crippen LogP contribution in [0.3, 0.4) is 0 Å². The number of carbonyl (C=O) groups is 1. The fourth-order valence-electron chi connectivity index (χ4n) is 3.99. The number of likely N-dealkylation sites (tertiary alicyclic amines) is 1. The van der Waals surface area contributed by atoms with Gasteiger partial charge in [-0.15, -0.1) is 4.95 Å². The second kappa shape index (κ2) is 12.4. The summed E-state index contributed by atoms with van der Waals surface area (Å²) < 4.78 is 0. The van der Waals surface area contributed by atoms with Crippen LogP contribution in [0.1, 0.15) is 54.4 Å². The molecule has 0 atom stereocenters. The first-order valence-corrected chi connectivity index (χ1v) is 11.1. The third-order valence-corrected chi connectivity index (χ3v) is 5.75. The molecule has 1 aliphatic heterocycles. The van der Waals surface area contributed by atoms with Gasteiger partial charge in [0.1, 0.15) is 5.71 Å². The highest BCUT2D eigenvalue weighted by atomic mass is 16.2. The predicted molar refractivity (Wildman–Crippen MR) is 125 cm³/mol. The minimum absolute atomic E-state index is 0.155. The van der Waals surface area contributed by atoms with Gasteiger partial charge in [-0.2, -0.15) is 6.57 Å². The van der Waals surface area contributed by atoms with Crippen LogP contribution in [0.5, 0.6) is 0 Å². The molecule has 2 heterocycles. The van der Waals surface area contributed by atoms with Crippen molar-refractivity contribution in [3.63, 3.8) is 0 Å². The van der Waals surface area contributed by atoms with Crippen LogP contribution in [0, 0.1) is 12.5 Å². The number of piperidine rings is 1. The number of pyridine rings is 1. The van der Waals surface area contributed by atoms with Crippen molar-refractivity contribution in [3.05, 3.63) is 89.7 Å². The molecule has 0 radical (unpaired) electrons. The normalized spacial score (nSPS) is 15.2. The van der Waals surface area contributed by atoms with E-state index in [4.69, 9.17) is 6.57 Å². The number of allylic oxidation sites excluding steroid dienone is 2. The Kier molecular flexibility index (Phi) is 9.00. The van der Waals surface area contributed by atoms with Gasteiger partial charge in [0.2, 0.25) is 0 Å². The van der Waals surface area contributed by atoms with Crippen molar-refractivity contribution in [2.75, 3.05) is 13.1 Å². The highest BCUT2D eigenvalue weighted by Gasteiger charge is 2.22. The fraction of sp³-hybridized carbons (Fsp3) is 0.385. The molecule has 2 aromatic rings. The maximum Gasteiger partial charge on any atom is 0.253 e. The van der Waals surface area contributed by atoms with Crippen molar-refractivity contribution in [3.8, 4) is 0 Å². The molecule has 1 amide bonds. The lowest BCUT2D eigenvalue weighted by Gasteiger charge is -2.32. The van der Waals surface area contributed by atoms with Crippen molar-refractivity contribution in [1.82, 2.24) is 9.88 Å². The summed E-state index contributed by atoms with van der Waals surface area (Å²) in [5, 5.41) is 3.97. The van der Waals surface area contributed by atoms with Crippen molar-refractivity contribution in [1.29, 1.82) is 0 Å². The number of hydrogen-bond donors (Lipinski definition) is 0. The zero-order valence-corrected chi connectivity index (χ0v) is 18.0. The molecule has 0 spiro atoms. The van der Waals surface area contributed by atoms with E-state index in [1.807, 2.05) is 53.6 Å². The fourth-order valence-corrected chi connectivity index (χ4v) is 3.99. The third kappa shape index (κ3) is 7.49. The second-order valence-electron chi connectivity index (χ2n) is 7.99. The van der Waals surface area contributed by atoms with Gasteiger partial charge in [-0.3, -0.25) is 9.78 Å². The molecule has 5 nitrogen and oxygen atoms in total. The molecular weight excluding hydrogens is 384 g/mol. The molecule has 0 unspecified atom stereocenters. The maximum atomic E-state index is 12.5. The lowest BCUT2D eigenvalue weighted by Crippen LogP contribution is -2.38. The molecule has 1 saturated heterocycles. The number of rotatable bonds is 9. The van der Waals surface area contributed by atoms with E-state index in [1.54, 1.807) is 6.20 Å². The van der Waals surface area contributed by atoms with Gasteiger partial charge >= 0.3 is 0 Å². The van der Waals surface area contributed by atoms with E-state index in [0.717, 1.165) is 62.0 Å². The molecule has 1 aromatic heterocycles. The van der Waals surface area contributed by atoms with E-state index in [2.05, 4.69) is 27.2 Å². The molecule has 0 saturated carbocycles. The monoisotopic (exact) mass is 414 g/mol. The van der Waals surface area contributed by atoms with E-state index >= 15 is 0 Å². The summed E-state index contributed by atoms with van der Waals surface area (Å²) in [6, 6.07) is 13.5. The highest BCUT2D eigenvalue weighted by Crippen LogP contribution is 2.23. The van der Waals surface area contributed by atoms with Crippen LogP contribution < -0.4 is 0 Å². The molecule has 1 aliphatic rings. The van der Waals surface area contributed by atoms with Crippen molar-refractivity contribution in [2.45, 2.75) is 44.9 Å². The average molecular weight is 415 g/mol. The zero-order valence-electron chi connectivity index (χ0n) is 18.0. The van der Waals surface area contributed by atoms with Crippen LogP contribution >= 0.6 is 0 Å². The van der Waals surface area contributed by atoms with Crippen LogP contribution in [-0.4, -0.2) is 34.6 Å². The molecule has 0 aliphatic carbocycles. The predicted octanol–water partition coefficient (Wildman–Crippen LogP) is 5.57. The van der Waals surface area contributed by atoms with Gasteiger partial charge in [-0.1, -0.05) is 36.4 Å². The third-order valence-electron chi connectivity index (χ3n) is 5.75. The Bertz CT molecular complexity index is 907. The summed E-state index contributed by atoms with van der Waals surface area (Å²) in [5.74, 6) is 0.844. The number of hydrogen-bond acceptors (Lipinski definition) is 3. The quantitative estimate of drug-likeness (QED) is 0.233. The van der Waals surface area contributed by atoms with E-state index in [9.17, 15) is 4.79 Å². The lowest BCUT2D eigenvalue weighted by atomic mass is 9.91. The smallest absolute Gasteiger partial charge is 0.253 e. The molecular formula is C26H30N4O. The Morgan fingerprint density at radius 3 is 2.61 bits per heavy atom. The summed E-state index contributed by atoms with van der Waals surface area (Å²) in [6.07, 6.45) is 14.8. The minimum Gasteiger partial charge on any atom is -0.339 e. The van der Waals surface area contributed by atoms with Crippen molar-refractivity contribution >= 4 is 11.6 Å². The van der Waals surface area contributed by atoms with Crippen LogP contribution in [0.25, 0.3) is 4.95 Å². The molecule has 0 N–H and O–H groups in total. The number of carbonyl (C=O) groups excluding carboxylic acids is 1. The largest absolute Gasteiger partial charge is 0.339 e. The Morgan fingerprint density at radius 2 is 1.90 bits per heavy atom. The SMILES string of the molecule is [C-]#[N+]/N=C(\CC/C=C/CCC1CCN(C(=O)c2ccccc2)CC1)Cc1cccnc1. The van der Waals surface area contributed by atoms with E-state index in [1.165, 1.54) is 6.42 Å². The number of aromatic nitrogens is 1. The molecule has 0 bridgehead atoms. The van der Waals surface area contributed by atoms with Crippen LogP contribution in [-0.2, 0) is 6.42 Å². The van der Waals surface area contributed by atoms with Crippen molar-refractivity contribution < 1.29 is 4.79 Å². The Labute approximate surface area is 185 Å². The van der Waals surface area contributed by atoms with Crippen LogP contribution in [0.4, 0.5) is 0 Å². The van der Waals surface area contributed by atoms with E-state index < -0.39 is 0 Å². The number of benzene rings is 1.